The maximum atomic E-state index is 11.4. The van der Waals surface area contributed by atoms with Crippen LogP contribution in [-0.2, 0) is 16.1 Å². The van der Waals surface area contributed by atoms with Crippen LogP contribution in [0.2, 0.25) is 0 Å². The van der Waals surface area contributed by atoms with Gasteiger partial charge in [0.2, 0.25) is 5.91 Å². The molecule has 0 radical (unpaired) electrons. The Balaban J connectivity index is 2.23. The predicted molar refractivity (Wildman–Crippen MR) is 62.8 cm³/mol. The average Bonchev–Trinajstić information content (AvgIpc) is 2.34. The van der Waals surface area contributed by atoms with E-state index in [0.29, 0.717) is 25.8 Å². The SMILES string of the molecule is CCC(=O)CCC(=O)NCc1ccccc1. The zero-order chi connectivity index (χ0) is 11.8. The van der Waals surface area contributed by atoms with E-state index in [0.717, 1.165) is 5.56 Å². The number of hydrogen-bond acceptors (Lipinski definition) is 2. The van der Waals surface area contributed by atoms with Crippen molar-refractivity contribution in [1.29, 1.82) is 0 Å². The number of hydrogen-bond donors (Lipinski definition) is 1. The van der Waals surface area contributed by atoms with Gasteiger partial charge in [-0.1, -0.05) is 37.3 Å². The molecule has 16 heavy (non-hydrogen) atoms. The Bertz CT molecular complexity index is 346. The zero-order valence-electron chi connectivity index (χ0n) is 9.53. The molecule has 0 aliphatic carbocycles. The number of nitrogens with one attached hydrogen (secondary N) is 1. The molecule has 1 aromatic carbocycles. The molecule has 0 bridgehead atoms. The van der Waals surface area contributed by atoms with E-state index in [1.165, 1.54) is 0 Å². The Morgan fingerprint density at radius 3 is 2.44 bits per heavy atom. The van der Waals surface area contributed by atoms with Gasteiger partial charge in [-0.2, -0.15) is 0 Å². The minimum Gasteiger partial charge on any atom is -0.352 e. The topological polar surface area (TPSA) is 46.2 Å². The van der Waals surface area contributed by atoms with Crippen molar-refractivity contribution in [1.82, 2.24) is 5.32 Å². The van der Waals surface area contributed by atoms with Crippen LogP contribution in [0.15, 0.2) is 30.3 Å². The van der Waals surface area contributed by atoms with Crippen molar-refractivity contribution < 1.29 is 9.59 Å². The third kappa shape index (κ3) is 4.73. The average molecular weight is 219 g/mol. The van der Waals surface area contributed by atoms with Crippen molar-refractivity contribution in [2.45, 2.75) is 32.7 Å². The lowest BCUT2D eigenvalue weighted by molar-refractivity contribution is -0.125. The Kier molecular flexibility index (Phi) is 5.26. The van der Waals surface area contributed by atoms with Crippen LogP contribution in [0.25, 0.3) is 0 Å². The minimum absolute atomic E-state index is 0.0642. The van der Waals surface area contributed by atoms with Crippen LogP contribution in [0, 0.1) is 0 Å². The monoisotopic (exact) mass is 219 g/mol. The van der Waals surface area contributed by atoms with Gasteiger partial charge in [-0.05, 0) is 5.56 Å². The summed E-state index contributed by atoms with van der Waals surface area (Å²) in [7, 11) is 0. The summed E-state index contributed by atoms with van der Waals surface area (Å²) in [5.41, 5.74) is 1.07. The van der Waals surface area contributed by atoms with Crippen LogP contribution >= 0.6 is 0 Å². The molecule has 1 rings (SSSR count). The first-order valence-corrected chi connectivity index (χ1v) is 5.54. The molecular weight excluding hydrogens is 202 g/mol. The van der Waals surface area contributed by atoms with Gasteiger partial charge in [0, 0.05) is 25.8 Å². The predicted octanol–water partition coefficient (Wildman–Crippen LogP) is 2.06. The van der Waals surface area contributed by atoms with E-state index in [1.807, 2.05) is 37.3 Å². The van der Waals surface area contributed by atoms with Gasteiger partial charge in [-0.3, -0.25) is 9.59 Å². The summed E-state index contributed by atoms with van der Waals surface area (Å²) in [6.45, 7) is 2.34. The van der Waals surface area contributed by atoms with Gasteiger partial charge in [0.25, 0.3) is 0 Å². The second-order valence-corrected chi connectivity index (χ2v) is 3.65. The molecule has 1 N–H and O–H groups in total. The second-order valence-electron chi connectivity index (χ2n) is 3.65. The molecule has 0 aliphatic rings. The van der Waals surface area contributed by atoms with Crippen LogP contribution in [0.3, 0.4) is 0 Å². The maximum absolute atomic E-state index is 11.4. The van der Waals surface area contributed by atoms with Gasteiger partial charge in [-0.25, -0.2) is 0 Å². The van der Waals surface area contributed by atoms with E-state index in [1.54, 1.807) is 0 Å². The highest BCUT2D eigenvalue weighted by atomic mass is 16.2. The highest BCUT2D eigenvalue weighted by Gasteiger charge is 2.04. The molecule has 0 unspecified atom stereocenters. The van der Waals surface area contributed by atoms with Crippen LogP contribution in [-0.4, -0.2) is 11.7 Å². The quantitative estimate of drug-likeness (QED) is 0.796. The highest BCUT2D eigenvalue weighted by Crippen LogP contribution is 1.99. The number of amides is 1. The lowest BCUT2D eigenvalue weighted by Crippen LogP contribution is -2.23. The Morgan fingerprint density at radius 2 is 1.81 bits per heavy atom. The molecular formula is C13H17NO2. The Morgan fingerprint density at radius 1 is 1.12 bits per heavy atom. The first-order chi connectivity index (χ1) is 7.72. The van der Waals surface area contributed by atoms with Gasteiger partial charge < -0.3 is 5.32 Å². The molecule has 0 aliphatic heterocycles. The van der Waals surface area contributed by atoms with E-state index in [9.17, 15) is 9.59 Å². The van der Waals surface area contributed by atoms with Crippen molar-refractivity contribution in [3.05, 3.63) is 35.9 Å². The molecule has 0 fully saturated rings. The molecule has 3 heteroatoms. The normalized spacial score (nSPS) is 9.81. The molecule has 0 aromatic heterocycles. The fourth-order valence-electron chi connectivity index (χ4n) is 1.31. The van der Waals surface area contributed by atoms with E-state index in [2.05, 4.69) is 5.32 Å². The lowest BCUT2D eigenvalue weighted by atomic mass is 10.1. The van der Waals surface area contributed by atoms with Crippen LogP contribution in [0.4, 0.5) is 0 Å². The van der Waals surface area contributed by atoms with E-state index >= 15 is 0 Å². The molecule has 0 heterocycles. The lowest BCUT2D eigenvalue weighted by Gasteiger charge is -2.04. The zero-order valence-corrected chi connectivity index (χ0v) is 9.53. The van der Waals surface area contributed by atoms with Gasteiger partial charge in [0.1, 0.15) is 5.78 Å². The molecule has 0 saturated heterocycles. The fraction of sp³-hybridized carbons (Fsp3) is 0.385. The van der Waals surface area contributed by atoms with Gasteiger partial charge in [-0.15, -0.1) is 0 Å². The van der Waals surface area contributed by atoms with Crippen molar-refractivity contribution in [2.24, 2.45) is 0 Å². The summed E-state index contributed by atoms with van der Waals surface area (Å²) in [5, 5.41) is 2.79. The standard InChI is InChI=1S/C13H17NO2/c1-2-12(15)8-9-13(16)14-10-11-6-4-3-5-7-11/h3-7H,2,8-10H2,1H3,(H,14,16). The Labute approximate surface area is 95.9 Å². The molecule has 86 valence electrons. The third-order valence-electron chi connectivity index (χ3n) is 2.36. The Hall–Kier alpha value is -1.64. The summed E-state index contributed by atoms with van der Waals surface area (Å²) in [4.78, 5) is 22.4. The first kappa shape index (κ1) is 12.4. The summed E-state index contributed by atoms with van der Waals surface area (Å²) < 4.78 is 0. The van der Waals surface area contributed by atoms with Gasteiger partial charge in [0.05, 0.1) is 0 Å². The maximum Gasteiger partial charge on any atom is 0.220 e. The number of Topliss-reactive ketones (excluding diaryl/α,β-unsaturated/α-hetero) is 1. The van der Waals surface area contributed by atoms with E-state index in [-0.39, 0.29) is 11.7 Å². The number of carbonyl (C=O) groups is 2. The molecule has 0 saturated carbocycles. The van der Waals surface area contributed by atoms with E-state index < -0.39 is 0 Å². The summed E-state index contributed by atoms with van der Waals surface area (Å²) in [6.07, 6.45) is 1.14. The summed E-state index contributed by atoms with van der Waals surface area (Å²) in [6, 6.07) is 9.71. The van der Waals surface area contributed by atoms with Crippen LogP contribution in [0.1, 0.15) is 31.7 Å². The molecule has 1 aromatic rings. The molecule has 3 nitrogen and oxygen atoms in total. The first-order valence-electron chi connectivity index (χ1n) is 5.54. The number of ketones is 1. The number of benzene rings is 1. The smallest absolute Gasteiger partial charge is 0.220 e. The third-order valence-corrected chi connectivity index (χ3v) is 2.36. The second kappa shape index (κ2) is 6.77. The number of carbonyl (C=O) groups excluding carboxylic acids is 2. The molecule has 0 spiro atoms. The molecule has 1 amide bonds. The molecule has 0 atom stereocenters. The summed E-state index contributed by atoms with van der Waals surface area (Å²) in [5.74, 6) is 0.0699. The van der Waals surface area contributed by atoms with Crippen molar-refractivity contribution in [3.63, 3.8) is 0 Å². The van der Waals surface area contributed by atoms with Gasteiger partial charge in [0.15, 0.2) is 0 Å². The van der Waals surface area contributed by atoms with Gasteiger partial charge >= 0.3 is 0 Å². The van der Waals surface area contributed by atoms with Crippen LogP contribution < -0.4 is 5.32 Å². The highest BCUT2D eigenvalue weighted by molar-refractivity contribution is 5.84. The fourth-order valence-corrected chi connectivity index (χ4v) is 1.31. The van der Waals surface area contributed by atoms with Crippen molar-refractivity contribution in [3.8, 4) is 0 Å². The summed E-state index contributed by atoms with van der Waals surface area (Å²) >= 11 is 0. The van der Waals surface area contributed by atoms with Crippen molar-refractivity contribution in [2.75, 3.05) is 0 Å². The van der Waals surface area contributed by atoms with Crippen molar-refractivity contribution >= 4 is 11.7 Å². The number of rotatable bonds is 6. The largest absolute Gasteiger partial charge is 0.352 e. The minimum atomic E-state index is -0.0642. The van der Waals surface area contributed by atoms with Crippen LogP contribution in [0.5, 0.6) is 0 Å². The van der Waals surface area contributed by atoms with E-state index in [4.69, 9.17) is 0 Å².